The van der Waals surface area contributed by atoms with Crippen molar-refractivity contribution < 1.29 is 20.1 Å². The van der Waals surface area contributed by atoms with Crippen LogP contribution in [0.25, 0.3) is 67.0 Å². The van der Waals surface area contributed by atoms with Gasteiger partial charge in [0.1, 0.15) is 0 Å². The van der Waals surface area contributed by atoms with E-state index in [2.05, 4.69) is 137 Å². The molecule has 0 atom stereocenters. The van der Waals surface area contributed by atoms with Gasteiger partial charge in [-0.2, -0.15) is 0 Å². The van der Waals surface area contributed by atoms with E-state index < -0.39 is 0 Å². The summed E-state index contributed by atoms with van der Waals surface area (Å²) in [5.41, 5.74) is 13.5. The summed E-state index contributed by atoms with van der Waals surface area (Å²) in [5, 5.41) is 0. The maximum atomic E-state index is 4.49. The molecular weight excluding hydrogens is 773 g/mol. The Bertz CT molecular complexity index is 2110. The predicted octanol–water partition coefficient (Wildman–Crippen LogP) is 11.8. The van der Waals surface area contributed by atoms with Gasteiger partial charge >= 0.3 is 0 Å². The minimum absolute atomic E-state index is 0. The molecule has 0 spiro atoms. The standard InChI is InChI=1S/C35H24N.C11H8N.Ir/c1-3-11-26(12-4-1)32-23-33(27-13-5-2-6-14-27)25-34(24-32)30-17-9-15-28(21-30)29-16-10-18-31(22-29)35-19-7-8-20-36-35;1-2-6-10(7-3-1)11-8-4-5-9-12-11;/h1-17,19-25H;1-6,8-9H;/q2*-1;. The van der Waals surface area contributed by atoms with Crippen LogP contribution in [0, 0.1) is 12.1 Å². The summed E-state index contributed by atoms with van der Waals surface area (Å²) >= 11 is 0. The molecule has 6 aromatic carbocycles. The molecule has 0 aliphatic heterocycles. The van der Waals surface area contributed by atoms with Crippen LogP contribution in [0.2, 0.25) is 0 Å². The molecule has 8 rings (SSSR count). The average Bonchev–Trinajstić information content (AvgIpc) is 3.20. The van der Waals surface area contributed by atoms with E-state index in [0.717, 1.165) is 28.1 Å². The van der Waals surface area contributed by atoms with Crippen LogP contribution in [-0.4, -0.2) is 9.97 Å². The second kappa shape index (κ2) is 16.4. The molecule has 0 fully saturated rings. The molecular formula is C46H32IrN2-2. The zero-order chi connectivity index (χ0) is 32.4. The third-order valence-electron chi connectivity index (χ3n) is 8.07. The molecule has 2 aromatic heterocycles. The third kappa shape index (κ3) is 8.41. The summed E-state index contributed by atoms with van der Waals surface area (Å²) in [5.74, 6) is 0. The van der Waals surface area contributed by atoms with Crippen LogP contribution in [0.15, 0.2) is 194 Å². The first-order valence-electron chi connectivity index (χ1n) is 16.0. The van der Waals surface area contributed by atoms with Gasteiger partial charge in [-0.05, 0) is 86.7 Å². The van der Waals surface area contributed by atoms with Crippen molar-refractivity contribution in [2.24, 2.45) is 0 Å². The summed E-state index contributed by atoms with van der Waals surface area (Å²) in [6.07, 6.45) is 3.61. The van der Waals surface area contributed by atoms with Crippen molar-refractivity contribution in [1.82, 2.24) is 9.97 Å². The predicted molar refractivity (Wildman–Crippen MR) is 199 cm³/mol. The summed E-state index contributed by atoms with van der Waals surface area (Å²) in [6, 6.07) is 69.2. The summed E-state index contributed by atoms with van der Waals surface area (Å²) in [4.78, 5) is 8.71. The molecule has 237 valence electrons. The van der Waals surface area contributed by atoms with Gasteiger partial charge in [-0.25, -0.2) is 0 Å². The van der Waals surface area contributed by atoms with Crippen LogP contribution >= 0.6 is 0 Å². The van der Waals surface area contributed by atoms with E-state index in [1.165, 1.54) is 38.9 Å². The zero-order valence-electron chi connectivity index (χ0n) is 26.7. The van der Waals surface area contributed by atoms with Gasteiger partial charge in [-0.15, -0.1) is 71.3 Å². The Labute approximate surface area is 302 Å². The number of benzene rings is 6. The van der Waals surface area contributed by atoms with Crippen molar-refractivity contribution in [3.8, 4) is 67.0 Å². The Morgan fingerprint density at radius 1 is 0.306 bits per heavy atom. The summed E-state index contributed by atoms with van der Waals surface area (Å²) < 4.78 is 0. The normalized spacial score (nSPS) is 10.3. The van der Waals surface area contributed by atoms with Crippen molar-refractivity contribution in [3.05, 3.63) is 207 Å². The average molecular weight is 805 g/mol. The first-order valence-corrected chi connectivity index (χ1v) is 16.0. The van der Waals surface area contributed by atoms with Crippen molar-refractivity contribution >= 4 is 0 Å². The molecule has 0 N–H and O–H groups in total. The summed E-state index contributed by atoms with van der Waals surface area (Å²) in [6.45, 7) is 0. The Balaban J connectivity index is 0.000000270. The number of hydrogen-bond donors (Lipinski definition) is 0. The van der Waals surface area contributed by atoms with Crippen LogP contribution in [0.5, 0.6) is 0 Å². The largest absolute Gasteiger partial charge is 0.305 e. The van der Waals surface area contributed by atoms with E-state index >= 15 is 0 Å². The van der Waals surface area contributed by atoms with E-state index in [1.807, 2.05) is 72.9 Å². The Kier molecular flexibility index (Phi) is 11.1. The second-order valence-electron chi connectivity index (χ2n) is 11.3. The Morgan fingerprint density at radius 3 is 1.31 bits per heavy atom. The first kappa shape index (κ1) is 33.2. The number of nitrogens with zero attached hydrogens (tertiary/aromatic N) is 2. The number of rotatable bonds is 6. The Hall–Kier alpha value is -5.73. The molecule has 0 aliphatic carbocycles. The van der Waals surface area contributed by atoms with E-state index in [-0.39, 0.29) is 20.1 Å². The molecule has 0 unspecified atom stereocenters. The topological polar surface area (TPSA) is 25.8 Å². The zero-order valence-corrected chi connectivity index (χ0v) is 29.1. The molecule has 2 nitrogen and oxygen atoms in total. The van der Waals surface area contributed by atoms with E-state index in [1.54, 1.807) is 6.20 Å². The molecule has 0 aliphatic rings. The van der Waals surface area contributed by atoms with Gasteiger partial charge in [0, 0.05) is 32.5 Å². The molecule has 49 heavy (non-hydrogen) atoms. The van der Waals surface area contributed by atoms with Gasteiger partial charge in [-0.3, -0.25) is 0 Å². The monoisotopic (exact) mass is 805 g/mol. The SMILES string of the molecule is [Ir].[c-]1ccc(-c2cccc(-c3cc(-c4ccccc4)cc(-c4ccccc4)c3)c2)cc1-c1ccccn1.[c-]1ccccc1-c1ccccn1. The van der Waals surface area contributed by atoms with Gasteiger partial charge in [0.05, 0.1) is 0 Å². The number of aromatic nitrogens is 2. The Morgan fingerprint density at radius 2 is 0.755 bits per heavy atom. The fourth-order valence-electron chi connectivity index (χ4n) is 5.66. The maximum absolute atomic E-state index is 4.49. The van der Waals surface area contributed by atoms with E-state index in [4.69, 9.17) is 0 Å². The van der Waals surface area contributed by atoms with Crippen LogP contribution < -0.4 is 0 Å². The quantitative estimate of drug-likeness (QED) is 0.157. The fourth-order valence-corrected chi connectivity index (χ4v) is 5.66. The number of pyridine rings is 2. The van der Waals surface area contributed by atoms with Gasteiger partial charge < -0.3 is 9.97 Å². The van der Waals surface area contributed by atoms with Crippen molar-refractivity contribution in [3.63, 3.8) is 0 Å². The van der Waals surface area contributed by atoms with Gasteiger partial charge in [0.2, 0.25) is 0 Å². The van der Waals surface area contributed by atoms with E-state index in [0.29, 0.717) is 0 Å². The van der Waals surface area contributed by atoms with E-state index in [9.17, 15) is 0 Å². The molecule has 0 saturated heterocycles. The first-order chi connectivity index (χ1) is 23.8. The van der Waals surface area contributed by atoms with Gasteiger partial charge in [-0.1, -0.05) is 103 Å². The third-order valence-corrected chi connectivity index (χ3v) is 8.07. The second-order valence-corrected chi connectivity index (χ2v) is 11.3. The van der Waals surface area contributed by atoms with Crippen LogP contribution in [0.1, 0.15) is 0 Å². The van der Waals surface area contributed by atoms with Crippen LogP contribution in [-0.2, 0) is 20.1 Å². The maximum Gasteiger partial charge on any atom is 0.0160 e. The van der Waals surface area contributed by atoms with Gasteiger partial charge in [0.15, 0.2) is 0 Å². The van der Waals surface area contributed by atoms with Crippen LogP contribution in [0.3, 0.4) is 0 Å². The molecule has 8 aromatic rings. The van der Waals surface area contributed by atoms with Crippen molar-refractivity contribution in [1.29, 1.82) is 0 Å². The number of hydrogen-bond acceptors (Lipinski definition) is 2. The summed E-state index contributed by atoms with van der Waals surface area (Å²) in [7, 11) is 0. The fraction of sp³-hybridized carbons (Fsp3) is 0. The van der Waals surface area contributed by atoms with Crippen LogP contribution in [0.4, 0.5) is 0 Å². The molecule has 0 amide bonds. The molecule has 0 bridgehead atoms. The molecule has 1 radical (unpaired) electrons. The van der Waals surface area contributed by atoms with Crippen molar-refractivity contribution in [2.75, 3.05) is 0 Å². The van der Waals surface area contributed by atoms with Gasteiger partial charge in [0.25, 0.3) is 0 Å². The minimum atomic E-state index is 0. The molecule has 3 heteroatoms. The van der Waals surface area contributed by atoms with Crippen molar-refractivity contribution in [2.45, 2.75) is 0 Å². The molecule has 2 heterocycles. The molecule has 0 saturated carbocycles. The minimum Gasteiger partial charge on any atom is -0.305 e. The smallest absolute Gasteiger partial charge is 0.0160 e.